The fourth-order valence-electron chi connectivity index (χ4n) is 3.80. The average molecular weight is 332 g/mol. The van der Waals surface area contributed by atoms with Gasteiger partial charge >= 0.3 is 5.97 Å². The molecule has 5 atom stereocenters. The molecule has 2 aliphatic heterocycles. The molecular formula is C20H28O4. The maximum atomic E-state index is 12.0. The molecule has 4 heteroatoms. The smallest absolute Gasteiger partial charge is 0.334 e. The van der Waals surface area contributed by atoms with Crippen LogP contribution in [0.3, 0.4) is 0 Å². The molecule has 0 aromatic rings. The summed E-state index contributed by atoms with van der Waals surface area (Å²) in [5.41, 5.74) is 2.56. The van der Waals surface area contributed by atoms with Crippen LogP contribution in [0.15, 0.2) is 35.5 Å². The van der Waals surface area contributed by atoms with E-state index in [-0.39, 0.29) is 29.7 Å². The van der Waals surface area contributed by atoms with E-state index in [1.807, 2.05) is 13.8 Å². The second kappa shape index (κ2) is 6.49. The number of hydrogen-bond acceptors (Lipinski definition) is 4. The molecule has 1 aliphatic carbocycles. The molecule has 0 saturated carbocycles. The van der Waals surface area contributed by atoms with Crippen molar-refractivity contribution >= 4 is 5.97 Å². The Morgan fingerprint density at radius 1 is 1.33 bits per heavy atom. The summed E-state index contributed by atoms with van der Waals surface area (Å²) in [6.45, 7) is 10.1. The number of esters is 1. The average Bonchev–Trinajstić information content (AvgIpc) is 3.05. The lowest BCUT2D eigenvalue weighted by atomic mass is 9.85. The van der Waals surface area contributed by atoms with Gasteiger partial charge in [-0.25, -0.2) is 4.79 Å². The second-order valence-corrected chi connectivity index (χ2v) is 7.72. The van der Waals surface area contributed by atoms with Crippen molar-refractivity contribution in [2.24, 2.45) is 5.92 Å². The van der Waals surface area contributed by atoms with Gasteiger partial charge in [0.05, 0.1) is 17.8 Å². The van der Waals surface area contributed by atoms with E-state index in [0.29, 0.717) is 18.4 Å². The number of carbonyl (C=O) groups is 1. The number of aliphatic hydroxyl groups is 1. The zero-order valence-electron chi connectivity index (χ0n) is 14.9. The number of allylic oxidation sites excluding steroid dienone is 3. The maximum absolute atomic E-state index is 12.0. The van der Waals surface area contributed by atoms with Gasteiger partial charge in [-0.1, -0.05) is 24.3 Å². The summed E-state index contributed by atoms with van der Waals surface area (Å²) in [5, 5.41) is 10.4. The molecule has 1 N–H and O–H groups in total. The Bertz CT molecular complexity index is 603. The van der Waals surface area contributed by atoms with Crippen LogP contribution in [-0.4, -0.2) is 35.0 Å². The highest BCUT2D eigenvalue weighted by Gasteiger charge is 2.56. The van der Waals surface area contributed by atoms with Gasteiger partial charge in [-0.05, 0) is 45.6 Å². The summed E-state index contributed by atoms with van der Waals surface area (Å²) in [6, 6.07) is 0. The molecule has 2 fully saturated rings. The summed E-state index contributed by atoms with van der Waals surface area (Å²) in [4.78, 5) is 12.0. The highest BCUT2D eigenvalue weighted by atomic mass is 16.6. The van der Waals surface area contributed by atoms with Gasteiger partial charge in [0.1, 0.15) is 6.10 Å². The minimum Gasteiger partial charge on any atom is -0.458 e. The van der Waals surface area contributed by atoms with Crippen LogP contribution in [0.5, 0.6) is 0 Å². The third-order valence-corrected chi connectivity index (χ3v) is 5.75. The van der Waals surface area contributed by atoms with Crippen molar-refractivity contribution in [3.05, 3.63) is 35.5 Å². The Labute approximate surface area is 144 Å². The molecule has 0 aromatic carbocycles. The fraction of sp³-hybridized carbons (Fsp3) is 0.650. The second-order valence-electron chi connectivity index (χ2n) is 7.72. The largest absolute Gasteiger partial charge is 0.458 e. The van der Waals surface area contributed by atoms with E-state index in [9.17, 15) is 9.90 Å². The van der Waals surface area contributed by atoms with Crippen molar-refractivity contribution in [1.29, 1.82) is 0 Å². The van der Waals surface area contributed by atoms with Crippen LogP contribution in [-0.2, 0) is 14.3 Å². The Balaban J connectivity index is 1.82. The van der Waals surface area contributed by atoms with Crippen LogP contribution in [0.2, 0.25) is 0 Å². The summed E-state index contributed by atoms with van der Waals surface area (Å²) < 4.78 is 11.4. The summed E-state index contributed by atoms with van der Waals surface area (Å²) in [7, 11) is 0. The third-order valence-electron chi connectivity index (χ3n) is 5.75. The van der Waals surface area contributed by atoms with Crippen molar-refractivity contribution in [2.45, 2.75) is 76.8 Å². The first-order valence-corrected chi connectivity index (χ1v) is 8.88. The first kappa shape index (κ1) is 17.4. The van der Waals surface area contributed by atoms with Gasteiger partial charge in [-0.3, -0.25) is 0 Å². The van der Waals surface area contributed by atoms with E-state index < -0.39 is 6.10 Å². The van der Waals surface area contributed by atoms with E-state index >= 15 is 0 Å². The molecule has 2 saturated heterocycles. The Hall–Kier alpha value is -1.39. The predicted molar refractivity (Wildman–Crippen MR) is 92.4 cm³/mol. The van der Waals surface area contributed by atoms with Crippen LogP contribution in [0.4, 0.5) is 0 Å². The number of rotatable bonds is 0. The van der Waals surface area contributed by atoms with E-state index in [1.54, 1.807) is 0 Å². The van der Waals surface area contributed by atoms with Crippen LogP contribution in [0, 0.1) is 5.92 Å². The Kier molecular flexibility index (Phi) is 4.71. The van der Waals surface area contributed by atoms with Crippen molar-refractivity contribution in [2.75, 3.05) is 0 Å². The standard InChI is InChI=1S/C20H28O4/c1-12-6-5-7-13(2)16(21)10-18-20(4,24-18)11-17-15(9-8-12)14(3)19(22)23-17/h7-8,15-18,21H,3,5-6,9-11H2,1-2,4H3/b12-8+,13-7+/t15-,16+,17+,18-,20-/m1/s1. The van der Waals surface area contributed by atoms with Crippen molar-refractivity contribution < 1.29 is 19.4 Å². The van der Waals surface area contributed by atoms with Crippen LogP contribution in [0.1, 0.15) is 52.9 Å². The number of hydrogen-bond donors (Lipinski definition) is 1. The van der Waals surface area contributed by atoms with E-state index in [2.05, 4.69) is 25.7 Å². The molecule has 132 valence electrons. The monoisotopic (exact) mass is 332 g/mol. The van der Waals surface area contributed by atoms with Gasteiger partial charge in [-0.2, -0.15) is 0 Å². The molecule has 0 radical (unpaired) electrons. The van der Waals surface area contributed by atoms with E-state index in [4.69, 9.17) is 9.47 Å². The predicted octanol–water partition coefficient (Wildman–Crippen LogP) is 3.46. The lowest BCUT2D eigenvalue weighted by Gasteiger charge is -2.20. The van der Waals surface area contributed by atoms with Gasteiger partial charge in [0.25, 0.3) is 0 Å². The van der Waals surface area contributed by atoms with Crippen LogP contribution in [0.25, 0.3) is 0 Å². The topological polar surface area (TPSA) is 59.1 Å². The summed E-state index contributed by atoms with van der Waals surface area (Å²) in [5.74, 6) is -0.252. The van der Waals surface area contributed by atoms with E-state index in [0.717, 1.165) is 24.8 Å². The van der Waals surface area contributed by atoms with Crippen molar-refractivity contribution in [3.8, 4) is 0 Å². The maximum Gasteiger partial charge on any atom is 0.334 e. The number of aliphatic hydroxyl groups excluding tert-OH is 1. The minimum absolute atomic E-state index is 0.0179. The molecule has 0 spiro atoms. The van der Waals surface area contributed by atoms with Crippen LogP contribution < -0.4 is 0 Å². The number of carbonyl (C=O) groups excluding carboxylic acids is 1. The van der Waals surface area contributed by atoms with Gasteiger partial charge in [0, 0.05) is 24.3 Å². The zero-order valence-corrected chi connectivity index (χ0v) is 14.9. The lowest BCUT2D eigenvalue weighted by molar-refractivity contribution is -0.139. The molecule has 0 amide bonds. The van der Waals surface area contributed by atoms with Gasteiger partial charge in [0.2, 0.25) is 0 Å². The molecule has 3 rings (SSSR count). The SMILES string of the molecule is C=C1C(=O)O[C@H]2C[C@@]3(C)O[C@@H]3C[C@H](O)/C(C)=C/CC/C(C)=C/C[C@H]12. The molecule has 24 heavy (non-hydrogen) atoms. The molecular weight excluding hydrogens is 304 g/mol. The fourth-order valence-corrected chi connectivity index (χ4v) is 3.80. The lowest BCUT2D eigenvalue weighted by Crippen LogP contribution is -2.26. The molecule has 2 heterocycles. The van der Waals surface area contributed by atoms with Crippen LogP contribution >= 0.6 is 0 Å². The summed E-state index contributed by atoms with van der Waals surface area (Å²) >= 11 is 0. The normalized spacial score (nSPS) is 45.0. The molecule has 4 nitrogen and oxygen atoms in total. The zero-order chi connectivity index (χ0) is 17.5. The highest BCUT2D eigenvalue weighted by Crippen LogP contribution is 2.47. The van der Waals surface area contributed by atoms with Gasteiger partial charge < -0.3 is 14.6 Å². The minimum atomic E-state index is -0.471. The quantitative estimate of drug-likeness (QED) is 0.319. The molecule has 0 unspecified atom stereocenters. The Morgan fingerprint density at radius 3 is 2.83 bits per heavy atom. The molecule has 0 aromatic heterocycles. The molecule has 3 aliphatic rings. The molecule has 0 bridgehead atoms. The van der Waals surface area contributed by atoms with Crippen molar-refractivity contribution in [3.63, 3.8) is 0 Å². The van der Waals surface area contributed by atoms with Crippen molar-refractivity contribution in [1.82, 2.24) is 0 Å². The third kappa shape index (κ3) is 3.50. The number of ether oxygens (including phenoxy) is 2. The van der Waals surface area contributed by atoms with Gasteiger partial charge in [0.15, 0.2) is 0 Å². The highest BCUT2D eigenvalue weighted by molar-refractivity contribution is 5.90. The first-order chi connectivity index (χ1) is 11.3. The first-order valence-electron chi connectivity index (χ1n) is 8.88. The number of epoxide rings is 1. The number of fused-ring (bicyclic) bond motifs is 2. The van der Waals surface area contributed by atoms with Gasteiger partial charge in [-0.15, -0.1) is 0 Å². The Morgan fingerprint density at radius 2 is 2.08 bits per heavy atom. The van der Waals surface area contributed by atoms with E-state index in [1.165, 1.54) is 5.57 Å². The summed E-state index contributed by atoms with van der Waals surface area (Å²) in [6.07, 6.45) is 7.61.